The highest BCUT2D eigenvalue weighted by Crippen LogP contribution is 2.26. The molecule has 1 fully saturated rings. The van der Waals surface area contributed by atoms with E-state index in [1.165, 1.54) is 28.1 Å². The van der Waals surface area contributed by atoms with Gasteiger partial charge in [0.05, 0.1) is 4.90 Å². The van der Waals surface area contributed by atoms with Gasteiger partial charge in [-0.3, -0.25) is 4.79 Å². The molecule has 0 aromatic heterocycles. The van der Waals surface area contributed by atoms with E-state index in [2.05, 4.69) is 0 Å². The Balaban J connectivity index is 1.34. The minimum Gasteiger partial charge on any atom is -0.484 e. The Kier molecular flexibility index (Phi) is 5.56. The lowest BCUT2D eigenvalue weighted by molar-refractivity contribution is -0.134. The lowest BCUT2D eigenvalue weighted by Gasteiger charge is -2.34. The van der Waals surface area contributed by atoms with Crippen molar-refractivity contribution in [1.82, 2.24) is 9.21 Å². The molecule has 1 heterocycles. The smallest absolute Gasteiger partial charge is 0.260 e. The van der Waals surface area contributed by atoms with E-state index >= 15 is 0 Å². The number of hydrogen-bond acceptors (Lipinski definition) is 4. The third-order valence-electron chi connectivity index (χ3n) is 5.46. The Morgan fingerprint density at radius 3 is 2.52 bits per heavy atom. The maximum Gasteiger partial charge on any atom is 0.260 e. The number of carbonyl (C=O) groups is 1. The van der Waals surface area contributed by atoms with Crippen LogP contribution in [0.4, 0.5) is 4.39 Å². The molecule has 1 aliphatic carbocycles. The highest BCUT2D eigenvalue weighted by molar-refractivity contribution is 7.89. The average molecular weight is 418 g/mol. The standard InChI is InChI=1S/C21H23FN2O4S/c22-18-5-2-6-19(14-18)28-15-21(25)23-9-11-24(12-10-23)29(26,27)20-8-7-16-3-1-4-17(16)13-20/h2,5-8,13-14H,1,3-4,9-12,15H2. The number of halogens is 1. The summed E-state index contributed by atoms with van der Waals surface area (Å²) in [6.45, 7) is 0.877. The monoisotopic (exact) mass is 418 g/mol. The topological polar surface area (TPSA) is 66.9 Å². The molecule has 0 bridgehead atoms. The summed E-state index contributed by atoms with van der Waals surface area (Å²) in [7, 11) is -3.57. The van der Waals surface area contributed by atoms with E-state index in [1.807, 2.05) is 6.07 Å². The molecular formula is C21H23FN2O4S. The fourth-order valence-corrected chi connectivity index (χ4v) is 5.30. The Bertz CT molecular complexity index is 1020. The molecule has 29 heavy (non-hydrogen) atoms. The van der Waals surface area contributed by atoms with Crippen LogP contribution >= 0.6 is 0 Å². The van der Waals surface area contributed by atoms with Gasteiger partial charge >= 0.3 is 0 Å². The maximum atomic E-state index is 13.2. The van der Waals surface area contributed by atoms with Crippen molar-refractivity contribution in [3.63, 3.8) is 0 Å². The summed E-state index contributed by atoms with van der Waals surface area (Å²) in [5, 5.41) is 0. The first-order valence-corrected chi connectivity index (χ1v) is 11.2. The van der Waals surface area contributed by atoms with Crippen LogP contribution in [0.3, 0.4) is 0 Å². The molecule has 2 aromatic rings. The van der Waals surface area contributed by atoms with Gasteiger partial charge in [0.1, 0.15) is 11.6 Å². The van der Waals surface area contributed by atoms with Gasteiger partial charge < -0.3 is 9.64 Å². The van der Waals surface area contributed by atoms with Gasteiger partial charge in [0.15, 0.2) is 6.61 Å². The molecular weight excluding hydrogens is 395 g/mol. The molecule has 6 nitrogen and oxygen atoms in total. The van der Waals surface area contributed by atoms with Crippen LogP contribution in [0.15, 0.2) is 47.4 Å². The van der Waals surface area contributed by atoms with E-state index in [1.54, 1.807) is 23.1 Å². The molecule has 0 unspecified atom stereocenters. The number of carbonyl (C=O) groups excluding carboxylic acids is 1. The number of sulfonamides is 1. The van der Waals surface area contributed by atoms with Crippen molar-refractivity contribution in [3.8, 4) is 5.75 Å². The summed E-state index contributed by atoms with van der Waals surface area (Å²) in [6.07, 6.45) is 3.00. The van der Waals surface area contributed by atoms with Gasteiger partial charge in [-0.1, -0.05) is 12.1 Å². The first-order valence-electron chi connectivity index (χ1n) is 9.71. The summed E-state index contributed by atoms with van der Waals surface area (Å²) >= 11 is 0. The number of ether oxygens (including phenoxy) is 1. The van der Waals surface area contributed by atoms with Crippen molar-refractivity contribution < 1.29 is 22.3 Å². The van der Waals surface area contributed by atoms with Gasteiger partial charge in [-0.15, -0.1) is 0 Å². The predicted molar refractivity (Wildman–Crippen MR) is 106 cm³/mol. The zero-order valence-electron chi connectivity index (χ0n) is 16.0. The average Bonchev–Trinajstić information content (AvgIpc) is 3.20. The Labute approximate surface area is 169 Å². The number of hydrogen-bond donors (Lipinski definition) is 0. The van der Waals surface area contributed by atoms with E-state index in [9.17, 15) is 17.6 Å². The molecule has 1 saturated heterocycles. The zero-order chi connectivity index (χ0) is 20.4. The number of fused-ring (bicyclic) bond motifs is 1. The van der Waals surface area contributed by atoms with Gasteiger partial charge in [0.25, 0.3) is 5.91 Å². The van der Waals surface area contributed by atoms with Gasteiger partial charge in [-0.25, -0.2) is 12.8 Å². The second-order valence-corrected chi connectivity index (χ2v) is 9.25. The fraction of sp³-hybridized carbons (Fsp3) is 0.381. The number of benzene rings is 2. The summed E-state index contributed by atoms with van der Waals surface area (Å²) in [5.41, 5.74) is 2.35. The molecule has 1 aliphatic heterocycles. The summed E-state index contributed by atoms with van der Waals surface area (Å²) < 4.78 is 45.9. The first-order chi connectivity index (χ1) is 13.9. The molecule has 2 aromatic carbocycles. The van der Waals surface area contributed by atoms with Gasteiger partial charge in [-0.2, -0.15) is 4.31 Å². The van der Waals surface area contributed by atoms with Crippen LogP contribution in [0.25, 0.3) is 0 Å². The molecule has 2 aliphatic rings. The van der Waals surface area contributed by atoms with Crippen molar-refractivity contribution in [2.75, 3.05) is 32.8 Å². The van der Waals surface area contributed by atoms with Gasteiger partial charge in [0, 0.05) is 32.2 Å². The van der Waals surface area contributed by atoms with E-state index in [4.69, 9.17) is 4.74 Å². The van der Waals surface area contributed by atoms with E-state index in [-0.39, 0.29) is 31.4 Å². The molecule has 0 N–H and O–H groups in total. The molecule has 0 spiro atoms. The van der Waals surface area contributed by atoms with Crippen LogP contribution in [0, 0.1) is 5.82 Å². The molecule has 1 amide bonds. The minimum atomic E-state index is -3.57. The van der Waals surface area contributed by atoms with Crippen LogP contribution in [0.5, 0.6) is 5.75 Å². The predicted octanol–water partition coefficient (Wildman–Crippen LogP) is 2.23. The third-order valence-corrected chi connectivity index (χ3v) is 7.35. The minimum absolute atomic E-state index is 0.207. The van der Waals surface area contributed by atoms with Crippen molar-refractivity contribution in [2.45, 2.75) is 24.2 Å². The van der Waals surface area contributed by atoms with Crippen molar-refractivity contribution in [3.05, 3.63) is 59.4 Å². The van der Waals surface area contributed by atoms with Crippen LogP contribution in [-0.4, -0.2) is 56.3 Å². The number of piperazine rings is 1. The van der Waals surface area contributed by atoms with Crippen molar-refractivity contribution >= 4 is 15.9 Å². The zero-order valence-corrected chi connectivity index (χ0v) is 16.8. The molecule has 154 valence electrons. The highest BCUT2D eigenvalue weighted by Gasteiger charge is 2.31. The normalized spacial score (nSPS) is 17.2. The highest BCUT2D eigenvalue weighted by atomic mass is 32.2. The van der Waals surface area contributed by atoms with Crippen LogP contribution in [0.2, 0.25) is 0 Å². The molecule has 0 saturated carbocycles. The van der Waals surface area contributed by atoms with Crippen LogP contribution < -0.4 is 4.74 Å². The Hall–Kier alpha value is -2.45. The molecule has 8 heteroatoms. The fourth-order valence-electron chi connectivity index (χ4n) is 3.83. The summed E-state index contributed by atoms with van der Waals surface area (Å²) in [4.78, 5) is 14.3. The Morgan fingerprint density at radius 1 is 1.00 bits per heavy atom. The van der Waals surface area contributed by atoms with E-state index < -0.39 is 15.8 Å². The van der Waals surface area contributed by atoms with Crippen molar-refractivity contribution in [1.29, 1.82) is 0 Å². The van der Waals surface area contributed by atoms with E-state index in [0.29, 0.717) is 18.0 Å². The number of aryl methyl sites for hydroxylation is 2. The first kappa shape index (κ1) is 19.8. The molecule has 4 rings (SSSR count). The second kappa shape index (κ2) is 8.12. The van der Waals surface area contributed by atoms with Gasteiger partial charge in [0.2, 0.25) is 10.0 Å². The van der Waals surface area contributed by atoms with Gasteiger partial charge in [-0.05, 0) is 54.7 Å². The molecule has 0 atom stereocenters. The Morgan fingerprint density at radius 2 is 1.76 bits per heavy atom. The molecule has 0 radical (unpaired) electrons. The van der Waals surface area contributed by atoms with Crippen molar-refractivity contribution in [2.24, 2.45) is 0 Å². The number of amides is 1. The van der Waals surface area contributed by atoms with Crippen LogP contribution in [-0.2, 0) is 27.7 Å². The lowest BCUT2D eigenvalue weighted by atomic mass is 10.1. The third kappa shape index (κ3) is 4.28. The SMILES string of the molecule is O=C(COc1cccc(F)c1)N1CCN(S(=O)(=O)c2ccc3c(c2)CCC3)CC1. The summed E-state index contributed by atoms with van der Waals surface area (Å²) in [5.74, 6) is -0.389. The lowest BCUT2D eigenvalue weighted by Crippen LogP contribution is -2.51. The largest absolute Gasteiger partial charge is 0.484 e. The second-order valence-electron chi connectivity index (χ2n) is 7.31. The number of nitrogens with zero attached hydrogens (tertiary/aromatic N) is 2. The quantitative estimate of drug-likeness (QED) is 0.747. The van der Waals surface area contributed by atoms with E-state index in [0.717, 1.165) is 24.8 Å². The summed E-state index contributed by atoms with van der Waals surface area (Å²) in [6, 6.07) is 11.0. The van der Waals surface area contributed by atoms with Crippen LogP contribution in [0.1, 0.15) is 17.5 Å². The maximum absolute atomic E-state index is 13.2. The number of rotatable bonds is 5.